The Kier molecular flexibility index (Phi) is 3.70. The summed E-state index contributed by atoms with van der Waals surface area (Å²) in [5.41, 5.74) is 4.97. The van der Waals surface area contributed by atoms with E-state index in [0.29, 0.717) is 0 Å². The maximum absolute atomic E-state index is 6.24. The Labute approximate surface area is 125 Å². The fourth-order valence-electron chi connectivity index (χ4n) is 2.83. The van der Waals surface area contributed by atoms with Crippen LogP contribution in [-0.4, -0.2) is 23.0 Å². The van der Waals surface area contributed by atoms with Crippen molar-refractivity contribution in [3.63, 3.8) is 0 Å². The zero-order chi connectivity index (χ0) is 14.1. The van der Waals surface area contributed by atoms with Gasteiger partial charge in [-0.1, -0.05) is 36.2 Å². The molecule has 0 unspecified atom stereocenters. The van der Waals surface area contributed by atoms with Crippen LogP contribution in [0.25, 0.3) is 5.57 Å². The van der Waals surface area contributed by atoms with Crippen LogP contribution in [0.4, 0.5) is 0 Å². The highest BCUT2D eigenvalue weighted by Gasteiger charge is 2.19. The van der Waals surface area contributed by atoms with Gasteiger partial charge in [-0.25, -0.2) is 0 Å². The van der Waals surface area contributed by atoms with Crippen LogP contribution in [0.1, 0.15) is 37.4 Å². The highest BCUT2D eigenvalue weighted by atomic mass is 35.5. The first-order chi connectivity index (χ1) is 9.69. The van der Waals surface area contributed by atoms with Crippen LogP contribution in [0, 0.1) is 6.92 Å². The predicted octanol–water partition coefficient (Wildman–Crippen LogP) is 3.78. The molecule has 3 nitrogen and oxygen atoms in total. The van der Waals surface area contributed by atoms with E-state index in [4.69, 9.17) is 16.7 Å². The third-order valence-electron chi connectivity index (χ3n) is 4.00. The lowest BCUT2D eigenvalue weighted by atomic mass is 9.92. The zero-order valence-electron chi connectivity index (χ0n) is 12.1. The Morgan fingerprint density at radius 2 is 2.00 bits per heavy atom. The second kappa shape index (κ2) is 5.49. The summed E-state index contributed by atoms with van der Waals surface area (Å²) in [6.07, 6.45) is 11.6. The lowest BCUT2D eigenvalue weighted by molar-refractivity contribution is 0.598. The fourth-order valence-corrected chi connectivity index (χ4v) is 3.03. The van der Waals surface area contributed by atoms with Crippen LogP contribution in [-0.2, 0) is 0 Å². The van der Waals surface area contributed by atoms with Crippen LogP contribution < -0.4 is 5.01 Å². The molecule has 0 saturated carbocycles. The lowest BCUT2D eigenvalue weighted by Crippen LogP contribution is -2.32. The summed E-state index contributed by atoms with van der Waals surface area (Å²) in [5, 5.41) is 7.93. The van der Waals surface area contributed by atoms with Crippen molar-refractivity contribution in [1.29, 1.82) is 0 Å². The van der Waals surface area contributed by atoms with Crippen molar-refractivity contribution in [3.05, 3.63) is 46.3 Å². The first-order valence-corrected chi connectivity index (χ1v) is 7.61. The van der Waals surface area contributed by atoms with Crippen molar-refractivity contribution < 1.29 is 0 Å². The van der Waals surface area contributed by atoms with Gasteiger partial charge in [-0.05, 0) is 37.8 Å². The average Bonchev–Trinajstić information content (AvgIpc) is 3.07. The minimum atomic E-state index is 0.927. The standard InChI is InChI=1S/C16H20ClN3/c1-3-13-6-7-14(17)10-15(13)16-12(2)11-20(18-16)19-8-4-5-9-19/h4-5,10-11H,3,6-9H2,1-2H3. The van der Waals surface area contributed by atoms with Crippen LogP contribution in [0.2, 0.25) is 0 Å². The van der Waals surface area contributed by atoms with Gasteiger partial charge in [-0.15, -0.1) is 0 Å². The Hall–Kier alpha value is -1.48. The van der Waals surface area contributed by atoms with Gasteiger partial charge in [0.1, 0.15) is 0 Å². The number of hydrogen-bond acceptors (Lipinski definition) is 2. The summed E-state index contributed by atoms with van der Waals surface area (Å²) in [4.78, 5) is 1.97. The largest absolute Gasteiger partial charge is 0.289 e. The van der Waals surface area contributed by atoms with Crippen LogP contribution in [0.5, 0.6) is 0 Å². The summed E-state index contributed by atoms with van der Waals surface area (Å²) in [6, 6.07) is 0. The molecule has 1 aromatic rings. The molecule has 0 amide bonds. The smallest absolute Gasteiger partial charge is 0.0973 e. The van der Waals surface area contributed by atoms with E-state index in [1.165, 1.54) is 16.7 Å². The van der Waals surface area contributed by atoms with Crippen molar-refractivity contribution in [1.82, 2.24) is 9.89 Å². The molecule has 106 valence electrons. The van der Waals surface area contributed by atoms with Crippen LogP contribution >= 0.6 is 11.6 Å². The molecule has 1 aliphatic heterocycles. The minimum absolute atomic E-state index is 0.927. The van der Waals surface area contributed by atoms with Gasteiger partial charge in [-0.3, -0.25) is 5.01 Å². The van der Waals surface area contributed by atoms with Crippen molar-refractivity contribution in [2.75, 3.05) is 18.1 Å². The number of aromatic nitrogens is 2. The average molecular weight is 290 g/mol. The highest BCUT2D eigenvalue weighted by Crippen LogP contribution is 2.34. The fraction of sp³-hybridized carbons (Fsp3) is 0.438. The molecule has 0 saturated heterocycles. The van der Waals surface area contributed by atoms with Gasteiger partial charge in [0.15, 0.2) is 0 Å². The van der Waals surface area contributed by atoms with E-state index in [-0.39, 0.29) is 0 Å². The SMILES string of the molecule is CCC1=C(c2nn(N3CC=CC3)cc2C)C=C(Cl)CC1. The molecule has 0 aromatic carbocycles. The van der Waals surface area contributed by atoms with E-state index in [2.05, 4.69) is 43.3 Å². The first-order valence-electron chi connectivity index (χ1n) is 7.24. The molecular formula is C16H20ClN3. The normalized spacial score (nSPS) is 18.9. The molecule has 0 fully saturated rings. The summed E-state index contributed by atoms with van der Waals surface area (Å²) in [7, 11) is 0. The van der Waals surface area contributed by atoms with Crippen LogP contribution in [0.15, 0.2) is 35.0 Å². The quantitative estimate of drug-likeness (QED) is 0.790. The summed E-state index contributed by atoms with van der Waals surface area (Å²) in [6.45, 7) is 6.19. The molecular weight excluding hydrogens is 270 g/mol. The number of allylic oxidation sites excluding steroid dienone is 4. The van der Waals surface area contributed by atoms with Crippen LogP contribution in [0.3, 0.4) is 0 Å². The molecule has 20 heavy (non-hydrogen) atoms. The maximum Gasteiger partial charge on any atom is 0.0973 e. The van der Waals surface area contributed by atoms with E-state index in [1.54, 1.807) is 0 Å². The molecule has 0 N–H and O–H groups in total. The Morgan fingerprint density at radius 3 is 2.70 bits per heavy atom. The molecule has 0 spiro atoms. The predicted molar refractivity (Wildman–Crippen MR) is 84.4 cm³/mol. The van der Waals surface area contributed by atoms with Gasteiger partial charge in [0, 0.05) is 10.6 Å². The molecule has 0 bridgehead atoms. The van der Waals surface area contributed by atoms with E-state index in [1.807, 2.05) is 4.79 Å². The van der Waals surface area contributed by atoms with Gasteiger partial charge in [0.2, 0.25) is 0 Å². The molecule has 0 radical (unpaired) electrons. The van der Waals surface area contributed by atoms with Gasteiger partial charge < -0.3 is 0 Å². The minimum Gasteiger partial charge on any atom is -0.289 e. The highest BCUT2D eigenvalue weighted by molar-refractivity contribution is 6.30. The summed E-state index contributed by atoms with van der Waals surface area (Å²) in [5.74, 6) is 0. The topological polar surface area (TPSA) is 21.1 Å². The number of halogens is 1. The number of hydrogen-bond donors (Lipinski definition) is 0. The first kappa shape index (κ1) is 13.5. The van der Waals surface area contributed by atoms with E-state index in [9.17, 15) is 0 Å². The van der Waals surface area contributed by atoms with Gasteiger partial charge >= 0.3 is 0 Å². The molecule has 4 heteroatoms. The third kappa shape index (κ3) is 2.42. The lowest BCUT2D eigenvalue weighted by Gasteiger charge is -2.18. The van der Waals surface area contributed by atoms with Crippen molar-refractivity contribution in [2.24, 2.45) is 0 Å². The van der Waals surface area contributed by atoms with Gasteiger partial charge in [-0.2, -0.15) is 9.89 Å². The molecule has 1 aliphatic carbocycles. The van der Waals surface area contributed by atoms with Gasteiger partial charge in [0.05, 0.1) is 25.0 Å². The number of nitrogens with zero attached hydrogens (tertiary/aromatic N) is 3. The van der Waals surface area contributed by atoms with Gasteiger partial charge in [0.25, 0.3) is 0 Å². The molecule has 0 atom stereocenters. The second-order valence-corrected chi connectivity index (χ2v) is 5.87. The van der Waals surface area contributed by atoms with Crippen molar-refractivity contribution in [2.45, 2.75) is 33.1 Å². The Bertz CT molecular complexity index is 599. The van der Waals surface area contributed by atoms with E-state index in [0.717, 1.165) is 43.1 Å². The number of aryl methyl sites for hydroxylation is 1. The molecule has 2 heterocycles. The second-order valence-electron chi connectivity index (χ2n) is 5.39. The molecule has 2 aliphatic rings. The Balaban J connectivity index is 1.99. The van der Waals surface area contributed by atoms with Crippen molar-refractivity contribution >= 4 is 17.2 Å². The summed E-state index contributed by atoms with van der Waals surface area (Å²) >= 11 is 6.24. The zero-order valence-corrected chi connectivity index (χ0v) is 12.8. The van der Waals surface area contributed by atoms with E-state index >= 15 is 0 Å². The number of rotatable bonds is 3. The maximum atomic E-state index is 6.24. The van der Waals surface area contributed by atoms with Crippen molar-refractivity contribution in [3.8, 4) is 0 Å². The molecule has 3 rings (SSSR count). The monoisotopic (exact) mass is 289 g/mol. The molecule has 1 aromatic heterocycles. The summed E-state index contributed by atoms with van der Waals surface area (Å²) < 4.78 is 0. The van der Waals surface area contributed by atoms with E-state index < -0.39 is 0 Å². The Morgan fingerprint density at radius 1 is 1.25 bits per heavy atom. The third-order valence-corrected chi connectivity index (χ3v) is 4.30.